The Morgan fingerprint density at radius 1 is 1.12 bits per heavy atom. The minimum Gasteiger partial charge on any atom is -0.379 e. The second-order valence-corrected chi connectivity index (χ2v) is 7.04. The number of carbonyl (C=O) groups is 1. The van der Waals surface area contributed by atoms with E-state index in [4.69, 9.17) is 4.74 Å². The maximum atomic E-state index is 12.2. The van der Waals surface area contributed by atoms with E-state index in [1.165, 1.54) is 30.4 Å². The molecule has 1 amide bonds. The van der Waals surface area contributed by atoms with Gasteiger partial charge in [0.25, 0.3) is 0 Å². The molecule has 140 valence electrons. The molecule has 4 nitrogen and oxygen atoms in total. The van der Waals surface area contributed by atoms with Gasteiger partial charge in [-0.05, 0) is 18.9 Å². The largest absolute Gasteiger partial charge is 0.379 e. The van der Waals surface area contributed by atoms with E-state index >= 15 is 0 Å². The lowest BCUT2D eigenvalue weighted by atomic mass is 10.0. The van der Waals surface area contributed by atoms with Crippen molar-refractivity contribution in [3.63, 3.8) is 0 Å². The van der Waals surface area contributed by atoms with Crippen LogP contribution in [0.2, 0.25) is 0 Å². The molecule has 1 fully saturated rings. The second kappa shape index (κ2) is 11.3. The number of nitrogens with one attached hydrogen (secondary N) is 1. The average molecular weight is 347 g/mol. The van der Waals surface area contributed by atoms with Gasteiger partial charge < -0.3 is 10.1 Å². The number of unbranched alkanes of at least 4 members (excludes halogenated alkanes) is 4. The highest BCUT2D eigenvalue weighted by atomic mass is 16.5. The molecule has 2 rings (SSSR count). The molecule has 0 aliphatic carbocycles. The van der Waals surface area contributed by atoms with Crippen LogP contribution in [0.1, 0.15) is 62.6 Å². The van der Waals surface area contributed by atoms with Gasteiger partial charge in [-0.25, -0.2) is 0 Å². The number of benzene rings is 1. The summed E-state index contributed by atoms with van der Waals surface area (Å²) in [5.74, 6) is 0.182. The van der Waals surface area contributed by atoms with Crippen LogP contribution in [0.15, 0.2) is 24.3 Å². The third-order valence-electron chi connectivity index (χ3n) is 4.95. The first kappa shape index (κ1) is 19.9. The van der Waals surface area contributed by atoms with Gasteiger partial charge in [0.15, 0.2) is 0 Å². The lowest BCUT2D eigenvalue weighted by Gasteiger charge is -2.35. The molecule has 0 aromatic heterocycles. The predicted octanol–water partition coefficient (Wildman–Crippen LogP) is 3.85. The van der Waals surface area contributed by atoms with Crippen molar-refractivity contribution in [3.05, 3.63) is 35.4 Å². The Morgan fingerprint density at radius 3 is 2.48 bits per heavy atom. The first-order valence-corrected chi connectivity index (χ1v) is 9.85. The van der Waals surface area contributed by atoms with E-state index in [-0.39, 0.29) is 11.9 Å². The monoisotopic (exact) mass is 346 g/mol. The molecule has 1 aliphatic rings. The summed E-state index contributed by atoms with van der Waals surface area (Å²) in [6, 6.07) is 8.91. The Kier molecular flexibility index (Phi) is 8.98. The lowest BCUT2D eigenvalue weighted by molar-refractivity contribution is -0.121. The van der Waals surface area contributed by atoms with E-state index in [2.05, 4.69) is 48.3 Å². The number of hydrogen-bond acceptors (Lipinski definition) is 3. The molecule has 4 heteroatoms. The van der Waals surface area contributed by atoms with E-state index < -0.39 is 0 Å². The molecular weight excluding hydrogens is 312 g/mol. The number of morpholine rings is 1. The molecule has 1 heterocycles. The van der Waals surface area contributed by atoms with Crippen LogP contribution in [0.3, 0.4) is 0 Å². The van der Waals surface area contributed by atoms with E-state index in [1.54, 1.807) is 0 Å². The van der Waals surface area contributed by atoms with Crippen LogP contribution in [-0.4, -0.2) is 43.7 Å². The Labute approximate surface area is 152 Å². The number of rotatable bonds is 10. The molecule has 25 heavy (non-hydrogen) atoms. The molecule has 1 aromatic rings. The van der Waals surface area contributed by atoms with Crippen molar-refractivity contribution in [2.45, 2.75) is 58.4 Å². The summed E-state index contributed by atoms with van der Waals surface area (Å²) in [5, 5.41) is 3.16. The standard InChI is InChI=1S/C21H34N2O2/c1-3-4-5-6-7-8-21(24)22-17-20(23-13-15-25-16-14-23)19-11-9-18(2)10-12-19/h9-12,20H,3-8,13-17H2,1-2H3,(H,22,24). The Morgan fingerprint density at radius 2 is 1.80 bits per heavy atom. The van der Waals surface area contributed by atoms with Crippen LogP contribution in [0.4, 0.5) is 0 Å². The van der Waals surface area contributed by atoms with E-state index in [1.807, 2.05) is 0 Å². The third-order valence-corrected chi connectivity index (χ3v) is 4.95. The van der Waals surface area contributed by atoms with Crippen molar-refractivity contribution < 1.29 is 9.53 Å². The van der Waals surface area contributed by atoms with Gasteiger partial charge in [-0.1, -0.05) is 62.4 Å². The van der Waals surface area contributed by atoms with Gasteiger partial charge in [-0.2, -0.15) is 0 Å². The number of carbonyl (C=O) groups excluding carboxylic acids is 1. The van der Waals surface area contributed by atoms with Gasteiger partial charge in [-0.15, -0.1) is 0 Å². The van der Waals surface area contributed by atoms with E-state index in [0.717, 1.165) is 39.1 Å². The number of ether oxygens (including phenoxy) is 1. The Bertz CT molecular complexity index is 495. The molecule has 1 saturated heterocycles. The van der Waals surface area contributed by atoms with Crippen molar-refractivity contribution in [2.75, 3.05) is 32.8 Å². The normalized spacial score (nSPS) is 16.6. The van der Waals surface area contributed by atoms with Gasteiger partial charge in [0.1, 0.15) is 0 Å². The highest BCUT2D eigenvalue weighted by Crippen LogP contribution is 2.22. The zero-order valence-electron chi connectivity index (χ0n) is 15.9. The number of aryl methyl sites for hydroxylation is 1. The van der Waals surface area contributed by atoms with Crippen LogP contribution in [0.25, 0.3) is 0 Å². The summed E-state index contributed by atoms with van der Waals surface area (Å²) >= 11 is 0. The van der Waals surface area contributed by atoms with Crippen LogP contribution in [0.5, 0.6) is 0 Å². The fourth-order valence-corrected chi connectivity index (χ4v) is 3.32. The highest BCUT2D eigenvalue weighted by Gasteiger charge is 2.23. The van der Waals surface area contributed by atoms with Crippen LogP contribution < -0.4 is 5.32 Å². The number of hydrogen-bond donors (Lipinski definition) is 1. The zero-order valence-corrected chi connectivity index (χ0v) is 15.9. The van der Waals surface area contributed by atoms with Crippen molar-refractivity contribution in [3.8, 4) is 0 Å². The molecule has 0 spiro atoms. The molecule has 1 aromatic carbocycles. The lowest BCUT2D eigenvalue weighted by Crippen LogP contribution is -2.43. The quantitative estimate of drug-likeness (QED) is 0.654. The average Bonchev–Trinajstić information content (AvgIpc) is 2.64. The summed E-state index contributed by atoms with van der Waals surface area (Å²) in [6.07, 6.45) is 6.56. The fourth-order valence-electron chi connectivity index (χ4n) is 3.32. The Hall–Kier alpha value is -1.39. The molecule has 1 aliphatic heterocycles. The summed E-state index contributed by atoms with van der Waals surface area (Å²) in [7, 11) is 0. The molecule has 1 atom stereocenters. The number of amides is 1. The second-order valence-electron chi connectivity index (χ2n) is 7.04. The van der Waals surface area contributed by atoms with Gasteiger partial charge in [0, 0.05) is 26.1 Å². The van der Waals surface area contributed by atoms with Gasteiger partial charge >= 0.3 is 0 Å². The SMILES string of the molecule is CCCCCCCC(=O)NCC(c1ccc(C)cc1)N1CCOCC1. The highest BCUT2D eigenvalue weighted by molar-refractivity contribution is 5.75. The smallest absolute Gasteiger partial charge is 0.220 e. The molecule has 0 radical (unpaired) electrons. The minimum atomic E-state index is 0.182. The van der Waals surface area contributed by atoms with E-state index in [0.29, 0.717) is 13.0 Å². The van der Waals surface area contributed by atoms with E-state index in [9.17, 15) is 4.79 Å². The minimum absolute atomic E-state index is 0.182. The molecule has 0 bridgehead atoms. The van der Waals surface area contributed by atoms with Gasteiger partial charge in [-0.3, -0.25) is 9.69 Å². The van der Waals surface area contributed by atoms with Crippen LogP contribution in [0, 0.1) is 6.92 Å². The van der Waals surface area contributed by atoms with Crippen molar-refractivity contribution in [1.82, 2.24) is 10.2 Å². The maximum absolute atomic E-state index is 12.2. The molecule has 1 N–H and O–H groups in total. The van der Waals surface area contributed by atoms with Gasteiger partial charge in [0.2, 0.25) is 5.91 Å². The first-order valence-electron chi connectivity index (χ1n) is 9.85. The van der Waals surface area contributed by atoms with Crippen molar-refractivity contribution in [1.29, 1.82) is 0 Å². The summed E-state index contributed by atoms with van der Waals surface area (Å²) in [4.78, 5) is 14.6. The van der Waals surface area contributed by atoms with Crippen LogP contribution in [-0.2, 0) is 9.53 Å². The van der Waals surface area contributed by atoms with Crippen molar-refractivity contribution >= 4 is 5.91 Å². The maximum Gasteiger partial charge on any atom is 0.220 e. The molecular formula is C21H34N2O2. The summed E-state index contributed by atoms with van der Waals surface area (Å²) < 4.78 is 5.49. The van der Waals surface area contributed by atoms with Crippen LogP contribution >= 0.6 is 0 Å². The summed E-state index contributed by atoms with van der Waals surface area (Å²) in [6.45, 7) is 8.38. The summed E-state index contributed by atoms with van der Waals surface area (Å²) in [5.41, 5.74) is 2.54. The fraction of sp³-hybridized carbons (Fsp3) is 0.667. The third kappa shape index (κ3) is 7.17. The number of nitrogens with zero attached hydrogens (tertiary/aromatic N) is 1. The molecule has 1 unspecified atom stereocenters. The Balaban J connectivity index is 1.85. The first-order chi connectivity index (χ1) is 12.2. The topological polar surface area (TPSA) is 41.6 Å². The van der Waals surface area contributed by atoms with Crippen molar-refractivity contribution in [2.24, 2.45) is 0 Å². The zero-order chi connectivity index (χ0) is 17.9. The van der Waals surface area contributed by atoms with Gasteiger partial charge in [0.05, 0.1) is 19.3 Å². The molecule has 0 saturated carbocycles. The predicted molar refractivity (Wildman–Crippen MR) is 103 cm³/mol.